The molecule has 2 heterocycles. The molecule has 1 atom stereocenters. The van der Waals surface area contributed by atoms with Crippen LogP contribution >= 0.6 is 0 Å². The first-order chi connectivity index (χ1) is 9.88. The van der Waals surface area contributed by atoms with Crippen LogP contribution < -0.4 is 4.90 Å². The summed E-state index contributed by atoms with van der Waals surface area (Å²) < 4.78 is 37.2. The Hall–Kier alpha value is -2.22. The molecule has 21 heavy (non-hydrogen) atoms. The lowest BCUT2D eigenvalue weighted by molar-refractivity contribution is -0.141. The Bertz CT molecular complexity index is 574. The molecule has 2 aromatic rings. The maximum Gasteiger partial charge on any atom is 0.435 e. The first-order valence-electron chi connectivity index (χ1n) is 6.08. The number of hydrogen-bond donors (Lipinski definition) is 1. The van der Waals surface area contributed by atoms with Crippen molar-refractivity contribution in [3.8, 4) is 0 Å². The standard InChI is InChI=1S/C13H13F3N4O/c1-20(8-10(21)9-3-2-6-17-7-9)12-5-4-11(18-19-12)13(14,15)16/h2-7,10,21H,8H2,1H3. The van der Waals surface area contributed by atoms with E-state index in [1.165, 1.54) is 17.2 Å². The third-order valence-corrected chi connectivity index (χ3v) is 2.85. The lowest BCUT2D eigenvalue weighted by Gasteiger charge is -2.21. The van der Waals surface area contributed by atoms with Gasteiger partial charge in [0.25, 0.3) is 0 Å². The van der Waals surface area contributed by atoms with Crippen LogP contribution in [0.15, 0.2) is 36.7 Å². The third kappa shape index (κ3) is 3.88. The summed E-state index contributed by atoms with van der Waals surface area (Å²) in [4.78, 5) is 5.41. The van der Waals surface area contributed by atoms with Gasteiger partial charge in [-0.25, -0.2) is 0 Å². The fourth-order valence-electron chi connectivity index (χ4n) is 1.71. The van der Waals surface area contributed by atoms with Gasteiger partial charge in [0.1, 0.15) is 0 Å². The molecule has 1 N–H and O–H groups in total. The largest absolute Gasteiger partial charge is 0.435 e. The normalized spacial score (nSPS) is 13.0. The molecule has 0 bridgehead atoms. The van der Waals surface area contributed by atoms with Crippen LogP contribution in [0.25, 0.3) is 0 Å². The van der Waals surface area contributed by atoms with E-state index in [2.05, 4.69) is 15.2 Å². The van der Waals surface area contributed by atoms with E-state index in [4.69, 9.17) is 0 Å². The highest BCUT2D eigenvalue weighted by molar-refractivity contribution is 5.37. The second-order valence-electron chi connectivity index (χ2n) is 4.46. The summed E-state index contributed by atoms with van der Waals surface area (Å²) in [5.41, 5.74) is -0.434. The van der Waals surface area contributed by atoms with Gasteiger partial charge < -0.3 is 10.0 Å². The summed E-state index contributed by atoms with van der Waals surface area (Å²) in [5, 5.41) is 16.7. The molecule has 0 spiro atoms. The van der Waals surface area contributed by atoms with Gasteiger partial charge in [0.15, 0.2) is 11.5 Å². The summed E-state index contributed by atoms with van der Waals surface area (Å²) in [6.45, 7) is 0.158. The molecule has 0 fully saturated rings. The van der Waals surface area contributed by atoms with E-state index in [0.29, 0.717) is 5.56 Å². The molecule has 0 aliphatic rings. The predicted molar refractivity (Wildman–Crippen MR) is 69.5 cm³/mol. The average molecular weight is 298 g/mol. The molecule has 5 nitrogen and oxygen atoms in total. The Morgan fingerprint density at radius 2 is 2.00 bits per heavy atom. The molecule has 0 radical (unpaired) electrons. The Labute approximate surface area is 119 Å². The second kappa shape index (κ2) is 6.04. The number of likely N-dealkylation sites (N-methyl/N-ethyl adjacent to an activating group) is 1. The van der Waals surface area contributed by atoms with Gasteiger partial charge in [-0.1, -0.05) is 6.07 Å². The van der Waals surface area contributed by atoms with Crippen LogP contribution in [0.5, 0.6) is 0 Å². The lowest BCUT2D eigenvalue weighted by atomic mass is 10.1. The summed E-state index contributed by atoms with van der Waals surface area (Å²) >= 11 is 0. The number of nitrogens with zero attached hydrogens (tertiary/aromatic N) is 4. The zero-order valence-corrected chi connectivity index (χ0v) is 11.1. The minimum absolute atomic E-state index is 0.158. The van der Waals surface area contributed by atoms with Crippen molar-refractivity contribution in [3.05, 3.63) is 47.9 Å². The molecule has 0 saturated heterocycles. The van der Waals surface area contributed by atoms with Crippen molar-refractivity contribution in [3.63, 3.8) is 0 Å². The molecule has 0 aromatic carbocycles. The van der Waals surface area contributed by atoms with Crippen molar-refractivity contribution < 1.29 is 18.3 Å². The van der Waals surface area contributed by atoms with Crippen molar-refractivity contribution in [1.82, 2.24) is 15.2 Å². The highest BCUT2D eigenvalue weighted by atomic mass is 19.4. The van der Waals surface area contributed by atoms with Crippen molar-refractivity contribution >= 4 is 5.82 Å². The van der Waals surface area contributed by atoms with Gasteiger partial charge >= 0.3 is 6.18 Å². The van der Waals surface area contributed by atoms with Crippen LogP contribution in [-0.4, -0.2) is 33.9 Å². The van der Waals surface area contributed by atoms with Gasteiger partial charge in [0.2, 0.25) is 0 Å². The van der Waals surface area contributed by atoms with Gasteiger partial charge in [0, 0.05) is 31.5 Å². The van der Waals surface area contributed by atoms with Crippen LogP contribution in [-0.2, 0) is 6.18 Å². The van der Waals surface area contributed by atoms with E-state index >= 15 is 0 Å². The first-order valence-corrected chi connectivity index (χ1v) is 6.08. The Morgan fingerprint density at radius 1 is 1.24 bits per heavy atom. The van der Waals surface area contributed by atoms with E-state index in [-0.39, 0.29) is 12.4 Å². The van der Waals surface area contributed by atoms with Crippen molar-refractivity contribution in [2.45, 2.75) is 12.3 Å². The number of hydrogen-bond acceptors (Lipinski definition) is 5. The van der Waals surface area contributed by atoms with Crippen LogP contribution in [0.2, 0.25) is 0 Å². The van der Waals surface area contributed by atoms with Crippen molar-refractivity contribution in [2.75, 3.05) is 18.5 Å². The fraction of sp³-hybridized carbons (Fsp3) is 0.308. The number of halogens is 3. The van der Waals surface area contributed by atoms with Crippen LogP contribution in [0.1, 0.15) is 17.4 Å². The number of pyridine rings is 1. The van der Waals surface area contributed by atoms with Gasteiger partial charge in [-0.2, -0.15) is 13.2 Å². The Kier molecular flexibility index (Phi) is 4.37. The number of aromatic nitrogens is 3. The monoisotopic (exact) mass is 298 g/mol. The number of aliphatic hydroxyl groups excluding tert-OH is 1. The van der Waals surface area contributed by atoms with Crippen molar-refractivity contribution in [2.24, 2.45) is 0 Å². The van der Waals surface area contributed by atoms with E-state index < -0.39 is 18.0 Å². The highest BCUT2D eigenvalue weighted by Crippen LogP contribution is 2.27. The van der Waals surface area contributed by atoms with E-state index in [9.17, 15) is 18.3 Å². The van der Waals surface area contributed by atoms with Gasteiger partial charge in [-0.05, 0) is 18.2 Å². The Morgan fingerprint density at radius 3 is 2.52 bits per heavy atom. The van der Waals surface area contributed by atoms with Gasteiger partial charge in [-0.3, -0.25) is 4.98 Å². The summed E-state index contributed by atoms with van der Waals surface area (Å²) in [6.07, 6.45) is -2.23. The molecule has 0 amide bonds. The number of aliphatic hydroxyl groups is 1. The molecule has 2 rings (SSSR count). The zero-order chi connectivity index (χ0) is 15.5. The summed E-state index contributed by atoms with van der Waals surface area (Å²) in [7, 11) is 1.61. The molecule has 2 aromatic heterocycles. The minimum Gasteiger partial charge on any atom is -0.386 e. The molecular formula is C13H13F3N4O. The predicted octanol–water partition coefficient (Wildman–Crippen LogP) is 2.06. The SMILES string of the molecule is CN(CC(O)c1cccnc1)c1ccc(C(F)(F)F)nn1. The second-order valence-corrected chi connectivity index (χ2v) is 4.46. The maximum atomic E-state index is 12.4. The topological polar surface area (TPSA) is 62.1 Å². The van der Waals surface area contributed by atoms with E-state index in [1.807, 2.05) is 0 Å². The van der Waals surface area contributed by atoms with Crippen LogP contribution in [0.4, 0.5) is 19.0 Å². The third-order valence-electron chi connectivity index (χ3n) is 2.85. The fourth-order valence-corrected chi connectivity index (χ4v) is 1.71. The smallest absolute Gasteiger partial charge is 0.386 e. The Balaban J connectivity index is 2.05. The van der Waals surface area contributed by atoms with Crippen LogP contribution in [0, 0.1) is 0 Å². The van der Waals surface area contributed by atoms with Crippen molar-refractivity contribution in [1.29, 1.82) is 0 Å². The summed E-state index contributed by atoms with van der Waals surface area (Å²) in [6, 6.07) is 5.47. The molecule has 1 unspecified atom stereocenters. The van der Waals surface area contributed by atoms with Gasteiger partial charge in [-0.15, -0.1) is 10.2 Å². The zero-order valence-electron chi connectivity index (χ0n) is 11.1. The quantitative estimate of drug-likeness (QED) is 0.936. The first kappa shape index (κ1) is 15.2. The molecule has 0 saturated carbocycles. The molecule has 8 heteroatoms. The number of alkyl halides is 3. The lowest BCUT2D eigenvalue weighted by Crippen LogP contribution is -2.25. The average Bonchev–Trinajstić information content (AvgIpc) is 2.47. The van der Waals surface area contributed by atoms with E-state index in [1.54, 1.807) is 25.4 Å². The number of anilines is 1. The van der Waals surface area contributed by atoms with E-state index in [0.717, 1.165) is 6.07 Å². The molecule has 0 aliphatic carbocycles. The van der Waals surface area contributed by atoms with Crippen LogP contribution in [0.3, 0.4) is 0 Å². The van der Waals surface area contributed by atoms with Gasteiger partial charge in [0.05, 0.1) is 6.10 Å². The molecular weight excluding hydrogens is 285 g/mol. The maximum absolute atomic E-state index is 12.4. The summed E-state index contributed by atoms with van der Waals surface area (Å²) in [5.74, 6) is 0.242. The highest BCUT2D eigenvalue weighted by Gasteiger charge is 2.33. The number of rotatable bonds is 4. The minimum atomic E-state index is -4.51. The molecule has 112 valence electrons. The molecule has 0 aliphatic heterocycles.